The summed E-state index contributed by atoms with van der Waals surface area (Å²) in [5.74, 6) is 1.00. The Balaban J connectivity index is 1.14. The van der Waals surface area contributed by atoms with Crippen molar-refractivity contribution in [1.82, 2.24) is 19.9 Å². The number of nitriles is 1. The largest absolute Gasteiger partial charge is 0.508 e. The Morgan fingerprint density at radius 3 is 2.58 bits per heavy atom. The maximum absolute atomic E-state index is 14.3. The number of nitrogens with zero attached hydrogens (tertiary/aromatic N) is 5. The Bertz CT molecular complexity index is 2160. The van der Waals surface area contributed by atoms with Crippen LogP contribution in [0.1, 0.15) is 44.5 Å². The quantitative estimate of drug-likeness (QED) is 0.150. The van der Waals surface area contributed by atoms with Crippen LogP contribution < -0.4 is 14.6 Å². The standard InChI is InChI=1S/C38H33FN6O5/c1-49-18-17-45-33-12-9-28(38(48)41-23-34(47)27-7-10-30(46)11-8-27)21-32(33)42-36(45)20-25-13-15-44(16-14-25)35-3-2-4-37(43-35)50-24-29-6-5-26(22-40)19-31(29)39/h2-16,19,21,34,47H,17-18,20,23-24H2,1H3,(H-,41,46,48)/p+1. The molecule has 0 aliphatic carbocycles. The van der Waals surface area contributed by atoms with Gasteiger partial charge in [0.05, 0.1) is 47.8 Å². The minimum Gasteiger partial charge on any atom is -0.508 e. The van der Waals surface area contributed by atoms with E-state index in [1.54, 1.807) is 49.6 Å². The van der Waals surface area contributed by atoms with Crippen molar-refractivity contribution in [3.8, 4) is 23.5 Å². The number of nitrogens with one attached hydrogen (secondary N) is 1. The van der Waals surface area contributed by atoms with Crippen molar-refractivity contribution in [3.63, 3.8) is 0 Å². The number of hydrogen-bond acceptors (Lipinski definition) is 8. The Morgan fingerprint density at radius 2 is 1.84 bits per heavy atom. The molecule has 0 aliphatic rings. The molecule has 3 N–H and O–H groups in total. The molecule has 3 aromatic carbocycles. The number of methoxy groups -OCH3 is 1. The second-order valence-corrected chi connectivity index (χ2v) is 11.5. The van der Waals surface area contributed by atoms with Crippen LogP contribution in [0.25, 0.3) is 16.9 Å². The van der Waals surface area contributed by atoms with E-state index >= 15 is 0 Å². The average molecular weight is 674 g/mol. The third-order valence-electron chi connectivity index (χ3n) is 8.13. The number of rotatable bonds is 13. The number of fused-ring (bicyclic) bond motifs is 1. The second-order valence-electron chi connectivity index (χ2n) is 11.5. The van der Waals surface area contributed by atoms with E-state index in [9.17, 15) is 19.4 Å². The molecule has 0 aliphatic heterocycles. The van der Waals surface area contributed by atoms with E-state index in [-0.39, 0.29) is 30.4 Å². The zero-order chi connectivity index (χ0) is 35.0. The first kappa shape index (κ1) is 33.7. The highest BCUT2D eigenvalue weighted by atomic mass is 19.1. The van der Waals surface area contributed by atoms with E-state index in [1.165, 1.54) is 24.3 Å². The van der Waals surface area contributed by atoms with Crippen molar-refractivity contribution >= 4 is 16.9 Å². The van der Waals surface area contributed by atoms with Gasteiger partial charge in [-0.05, 0) is 76.8 Å². The lowest BCUT2D eigenvalue weighted by Crippen LogP contribution is -2.30. The lowest BCUT2D eigenvalue weighted by atomic mass is 10.1. The van der Waals surface area contributed by atoms with Crippen molar-refractivity contribution < 1.29 is 33.4 Å². The van der Waals surface area contributed by atoms with Crippen LogP contribution in [-0.4, -0.2) is 50.9 Å². The summed E-state index contributed by atoms with van der Waals surface area (Å²) in [6, 6.07) is 27.0. The summed E-state index contributed by atoms with van der Waals surface area (Å²) in [5.41, 5.74) is 4.10. The molecule has 0 radical (unpaired) electrons. The monoisotopic (exact) mass is 673 g/mol. The summed E-state index contributed by atoms with van der Waals surface area (Å²) in [6.07, 6.45) is 3.37. The van der Waals surface area contributed by atoms with Crippen molar-refractivity contribution in [3.05, 3.63) is 143 Å². The molecule has 11 nitrogen and oxygen atoms in total. The van der Waals surface area contributed by atoms with Gasteiger partial charge in [0.1, 0.15) is 24.0 Å². The zero-order valence-electron chi connectivity index (χ0n) is 27.2. The fraction of sp³-hybridized carbons (Fsp3) is 0.184. The number of aliphatic hydroxyl groups is 1. The van der Waals surface area contributed by atoms with Gasteiger partial charge >= 0.3 is 11.7 Å². The number of ether oxygens (including phenoxy) is 2. The van der Waals surface area contributed by atoms with Crippen LogP contribution in [0.15, 0.2) is 103 Å². The highest BCUT2D eigenvalue weighted by Gasteiger charge is 2.17. The summed E-state index contributed by atoms with van der Waals surface area (Å²) in [4.78, 5) is 22.4. The first-order valence-electron chi connectivity index (χ1n) is 15.8. The SMILES string of the molecule is COCCn1c(Cc2cc[n+](-c3cccc(OCc4ccc(C#N)cc4F)n3)cc2)nc2cc(C(=O)NCC(O)c3ccc(O)cc3)ccc21. The Labute approximate surface area is 287 Å². The second kappa shape index (κ2) is 15.4. The molecule has 6 rings (SSSR count). The molecule has 50 heavy (non-hydrogen) atoms. The van der Waals surface area contributed by atoms with Gasteiger partial charge in [-0.2, -0.15) is 5.26 Å². The maximum atomic E-state index is 14.3. The molecular weight excluding hydrogens is 639 g/mol. The average Bonchev–Trinajstić information content (AvgIpc) is 3.48. The summed E-state index contributed by atoms with van der Waals surface area (Å²) in [7, 11) is 1.64. The third-order valence-corrected chi connectivity index (χ3v) is 8.13. The van der Waals surface area contributed by atoms with E-state index in [4.69, 9.17) is 19.7 Å². The molecule has 0 saturated heterocycles. The molecule has 0 fully saturated rings. The number of phenolic OH excluding ortho intramolecular Hbond substituents is 1. The van der Waals surface area contributed by atoms with Crippen LogP contribution in [0.5, 0.6) is 11.6 Å². The van der Waals surface area contributed by atoms with Gasteiger partial charge in [0, 0.05) is 49.9 Å². The first-order chi connectivity index (χ1) is 24.3. The number of carbonyl (C=O) groups is 1. The summed E-state index contributed by atoms with van der Waals surface area (Å²) in [6.45, 7) is 1.03. The van der Waals surface area contributed by atoms with E-state index in [2.05, 4.69) is 14.9 Å². The molecule has 252 valence electrons. The van der Waals surface area contributed by atoms with Gasteiger partial charge in [-0.1, -0.05) is 18.2 Å². The van der Waals surface area contributed by atoms with Crippen LogP contribution in [0, 0.1) is 17.1 Å². The fourth-order valence-corrected chi connectivity index (χ4v) is 5.42. The molecule has 0 bridgehead atoms. The van der Waals surface area contributed by atoms with Gasteiger partial charge in [0.2, 0.25) is 0 Å². The number of carbonyl (C=O) groups excluding carboxylic acids is 1. The molecule has 6 aromatic rings. The van der Waals surface area contributed by atoms with Crippen molar-refractivity contribution in [1.29, 1.82) is 5.26 Å². The molecule has 1 unspecified atom stereocenters. The number of halogens is 1. The topological polar surface area (TPSA) is 146 Å². The van der Waals surface area contributed by atoms with E-state index in [0.29, 0.717) is 53.5 Å². The van der Waals surface area contributed by atoms with Gasteiger partial charge in [0.25, 0.3) is 5.91 Å². The number of phenols is 1. The van der Waals surface area contributed by atoms with Crippen molar-refractivity contribution in [2.75, 3.05) is 20.3 Å². The van der Waals surface area contributed by atoms with Crippen molar-refractivity contribution in [2.45, 2.75) is 25.7 Å². The van der Waals surface area contributed by atoms with Gasteiger partial charge in [-0.25, -0.2) is 13.9 Å². The molecule has 0 saturated carbocycles. The lowest BCUT2D eigenvalue weighted by molar-refractivity contribution is -0.599. The van der Waals surface area contributed by atoms with Crippen LogP contribution in [-0.2, 0) is 24.3 Å². The highest BCUT2D eigenvalue weighted by Crippen LogP contribution is 2.22. The predicted molar refractivity (Wildman–Crippen MR) is 181 cm³/mol. The van der Waals surface area contributed by atoms with Gasteiger partial charge in [-0.15, -0.1) is 0 Å². The number of aromatic hydroxyl groups is 1. The molecule has 3 aromatic heterocycles. The lowest BCUT2D eigenvalue weighted by Gasteiger charge is -2.12. The summed E-state index contributed by atoms with van der Waals surface area (Å²) < 4.78 is 29.3. The molecule has 1 amide bonds. The molecule has 0 spiro atoms. The van der Waals surface area contributed by atoms with Crippen LogP contribution >= 0.6 is 0 Å². The van der Waals surface area contributed by atoms with Crippen LogP contribution in [0.3, 0.4) is 0 Å². The van der Waals surface area contributed by atoms with E-state index in [0.717, 1.165) is 16.9 Å². The van der Waals surface area contributed by atoms with Gasteiger partial charge in [0.15, 0.2) is 0 Å². The highest BCUT2D eigenvalue weighted by molar-refractivity contribution is 5.97. The normalized spacial score (nSPS) is 11.6. The van der Waals surface area contributed by atoms with Crippen molar-refractivity contribution in [2.24, 2.45) is 0 Å². The number of benzene rings is 3. The third kappa shape index (κ3) is 7.92. The fourth-order valence-electron chi connectivity index (χ4n) is 5.42. The number of hydrogen-bond donors (Lipinski definition) is 3. The van der Waals surface area contributed by atoms with Gasteiger partial charge < -0.3 is 29.6 Å². The first-order valence-corrected chi connectivity index (χ1v) is 15.8. The van der Waals surface area contributed by atoms with Crippen LogP contribution in [0.4, 0.5) is 4.39 Å². The molecule has 3 heterocycles. The number of aromatic nitrogens is 4. The van der Waals surface area contributed by atoms with Crippen LogP contribution in [0.2, 0.25) is 0 Å². The molecule has 1 atom stereocenters. The minimum atomic E-state index is -0.924. The maximum Gasteiger partial charge on any atom is 0.332 e. The van der Waals surface area contributed by atoms with E-state index < -0.39 is 11.9 Å². The minimum absolute atomic E-state index is 0.00854. The Hall–Kier alpha value is -6.16. The van der Waals surface area contributed by atoms with Gasteiger partial charge in [-0.3, -0.25) is 4.79 Å². The smallest absolute Gasteiger partial charge is 0.332 e. The summed E-state index contributed by atoms with van der Waals surface area (Å²) in [5, 5.41) is 31.7. The van der Waals surface area contributed by atoms with E-state index in [1.807, 2.05) is 47.3 Å². The number of aliphatic hydroxyl groups excluding tert-OH is 1. The predicted octanol–water partition coefficient (Wildman–Crippen LogP) is 4.70. The molecular formula is C38H34FN6O5+. The Kier molecular flexibility index (Phi) is 10.4. The summed E-state index contributed by atoms with van der Waals surface area (Å²) >= 11 is 0. The number of pyridine rings is 2. The number of imidazole rings is 1. The molecule has 12 heteroatoms. The Morgan fingerprint density at radius 1 is 1.04 bits per heavy atom. The zero-order valence-corrected chi connectivity index (χ0v) is 27.2. The number of amides is 1.